The molecule has 5 heteroatoms. The topological polar surface area (TPSA) is 64.9 Å². The quantitative estimate of drug-likeness (QED) is 0.888. The van der Waals surface area contributed by atoms with Crippen molar-refractivity contribution >= 4 is 11.3 Å². The third-order valence-electron chi connectivity index (χ3n) is 3.49. The van der Waals surface area contributed by atoms with Crippen LogP contribution in [0.1, 0.15) is 35.5 Å². The normalized spacial score (nSPS) is 18.1. The Kier molecular flexibility index (Phi) is 2.34. The van der Waals surface area contributed by atoms with Crippen molar-refractivity contribution in [3.05, 3.63) is 22.3 Å². The zero-order valence-corrected chi connectivity index (χ0v) is 10.8. The van der Waals surface area contributed by atoms with Crippen molar-refractivity contribution < 1.29 is 4.52 Å². The van der Waals surface area contributed by atoms with Crippen LogP contribution in [0.5, 0.6) is 0 Å². The molecular formula is C12H15N3OS. The first-order valence-corrected chi connectivity index (χ1v) is 6.61. The maximum absolute atomic E-state index is 6.17. The lowest BCUT2D eigenvalue weighted by atomic mass is 9.77. The van der Waals surface area contributed by atoms with Gasteiger partial charge in [-0.15, -0.1) is 11.3 Å². The molecule has 0 bridgehead atoms. The first kappa shape index (κ1) is 10.9. The van der Waals surface area contributed by atoms with Gasteiger partial charge in [0.25, 0.3) is 5.89 Å². The summed E-state index contributed by atoms with van der Waals surface area (Å²) in [5, 5.41) is 4.02. The van der Waals surface area contributed by atoms with Gasteiger partial charge in [-0.25, -0.2) is 0 Å². The van der Waals surface area contributed by atoms with Crippen LogP contribution in [0.2, 0.25) is 0 Å². The van der Waals surface area contributed by atoms with E-state index in [1.165, 1.54) is 10.4 Å². The van der Waals surface area contributed by atoms with Gasteiger partial charge in [0.05, 0.1) is 10.4 Å². The van der Waals surface area contributed by atoms with E-state index in [4.69, 9.17) is 10.3 Å². The third-order valence-corrected chi connectivity index (χ3v) is 4.63. The van der Waals surface area contributed by atoms with E-state index in [2.05, 4.69) is 30.1 Å². The molecule has 2 heterocycles. The van der Waals surface area contributed by atoms with E-state index >= 15 is 0 Å². The second-order valence-electron chi connectivity index (χ2n) is 4.78. The summed E-state index contributed by atoms with van der Waals surface area (Å²) in [4.78, 5) is 6.75. The summed E-state index contributed by atoms with van der Waals surface area (Å²) in [6, 6.07) is 2.08. The molecule has 0 unspecified atom stereocenters. The zero-order chi connectivity index (χ0) is 12.0. The Hall–Kier alpha value is -1.20. The van der Waals surface area contributed by atoms with Crippen LogP contribution >= 0.6 is 11.3 Å². The first-order valence-electron chi connectivity index (χ1n) is 5.79. The highest BCUT2D eigenvalue weighted by Gasteiger charge is 2.39. The van der Waals surface area contributed by atoms with Crippen LogP contribution in [-0.2, 0) is 5.54 Å². The van der Waals surface area contributed by atoms with Gasteiger partial charge in [0, 0.05) is 4.88 Å². The smallest absolute Gasteiger partial charge is 0.268 e. The molecule has 0 amide bonds. The highest BCUT2D eigenvalue weighted by molar-refractivity contribution is 7.15. The fourth-order valence-corrected chi connectivity index (χ4v) is 2.94. The lowest BCUT2D eigenvalue weighted by molar-refractivity contribution is 0.229. The molecule has 17 heavy (non-hydrogen) atoms. The van der Waals surface area contributed by atoms with Gasteiger partial charge in [0.1, 0.15) is 0 Å². The summed E-state index contributed by atoms with van der Waals surface area (Å²) in [6.07, 6.45) is 3.06. The van der Waals surface area contributed by atoms with E-state index in [-0.39, 0.29) is 5.54 Å². The molecule has 1 saturated carbocycles. The largest absolute Gasteiger partial charge is 0.333 e. The second kappa shape index (κ2) is 3.65. The predicted octanol–water partition coefficient (Wildman–Crippen LogP) is 2.75. The molecule has 0 radical (unpaired) electrons. The molecule has 0 saturated heterocycles. The molecular weight excluding hydrogens is 234 g/mol. The van der Waals surface area contributed by atoms with Gasteiger partial charge in [-0.1, -0.05) is 5.16 Å². The Morgan fingerprint density at radius 2 is 2.18 bits per heavy atom. The van der Waals surface area contributed by atoms with Gasteiger partial charge < -0.3 is 10.3 Å². The Morgan fingerprint density at radius 1 is 1.41 bits per heavy atom. The fraction of sp³-hybridized carbons (Fsp3) is 0.500. The van der Waals surface area contributed by atoms with Crippen molar-refractivity contribution in [1.29, 1.82) is 0 Å². The lowest BCUT2D eigenvalue weighted by Gasteiger charge is -2.34. The monoisotopic (exact) mass is 249 g/mol. The van der Waals surface area contributed by atoms with Gasteiger partial charge in [-0.3, -0.25) is 0 Å². The van der Waals surface area contributed by atoms with E-state index in [0.717, 1.165) is 24.1 Å². The third kappa shape index (κ3) is 1.70. The molecule has 90 valence electrons. The molecule has 4 nitrogen and oxygen atoms in total. The van der Waals surface area contributed by atoms with Crippen LogP contribution in [0.25, 0.3) is 10.8 Å². The molecule has 0 spiro atoms. The molecule has 1 aliphatic carbocycles. The SMILES string of the molecule is Cc1cc(-c2nc(C3(N)CCC3)no2)sc1C. The minimum atomic E-state index is -0.344. The summed E-state index contributed by atoms with van der Waals surface area (Å²) < 4.78 is 5.31. The van der Waals surface area contributed by atoms with E-state index in [1.807, 2.05) is 0 Å². The highest BCUT2D eigenvalue weighted by atomic mass is 32.1. The van der Waals surface area contributed by atoms with Crippen LogP contribution < -0.4 is 5.73 Å². The standard InChI is InChI=1S/C12H15N3OS/c1-7-6-9(17-8(7)2)10-14-11(15-16-10)12(13)4-3-5-12/h6H,3-5,13H2,1-2H3. The average Bonchev–Trinajstić information content (AvgIpc) is 2.84. The van der Waals surface area contributed by atoms with Gasteiger partial charge in [-0.2, -0.15) is 4.98 Å². The summed E-state index contributed by atoms with van der Waals surface area (Å²) in [6.45, 7) is 4.18. The van der Waals surface area contributed by atoms with Gasteiger partial charge in [0.15, 0.2) is 5.82 Å². The predicted molar refractivity (Wildman–Crippen MR) is 66.8 cm³/mol. The Morgan fingerprint density at radius 3 is 2.71 bits per heavy atom. The molecule has 1 fully saturated rings. The number of hydrogen-bond acceptors (Lipinski definition) is 5. The Balaban J connectivity index is 1.94. The molecule has 2 aromatic heterocycles. The van der Waals surface area contributed by atoms with Crippen molar-refractivity contribution in [2.75, 3.05) is 0 Å². The summed E-state index contributed by atoms with van der Waals surface area (Å²) in [5.74, 6) is 1.25. The number of nitrogens with zero attached hydrogens (tertiary/aromatic N) is 2. The van der Waals surface area contributed by atoms with Crippen molar-refractivity contribution in [1.82, 2.24) is 10.1 Å². The average molecular weight is 249 g/mol. The van der Waals surface area contributed by atoms with E-state index in [9.17, 15) is 0 Å². The van der Waals surface area contributed by atoms with Crippen molar-refractivity contribution in [2.45, 2.75) is 38.6 Å². The number of rotatable bonds is 2. The highest BCUT2D eigenvalue weighted by Crippen LogP contribution is 2.38. The number of nitrogens with two attached hydrogens (primary N) is 1. The lowest BCUT2D eigenvalue weighted by Crippen LogP contribution is -2.44. The molecule has 3 rings (SSSR count). The molecule has 0 aliphatic heterocycles. The summed E-state index contributed by atoms with van der Waals surface area (Å²) in [7, 11) is 0. The Labute approximate surface area is 104 Å². The van der Waals surface area contributed by atoms with Crippen molar-refractivity contribution in [3.63, 3.8) is 0 Å². The molecule has 2 aromatic rings. The van der Waals surface area contributed by atoms with Gasteiger partial charge >= 0.3 is 0 Å². The van der Waals surface area contributed by atoms with E-state index in [1.54, 1.807) is 11.3 Å². The molecule has 2 N–H and O–H groups in total. The van der Waals surface area contributed by atoms with Crippen molar-refractivity contribution in [3.8, 4) is 10.8 Å². The Bertz CT molecular complexity index is 534. The van der Waals surface area contributed by atoms with Crippen LogP contribution in [0.15, 0.2) is 10.6 Å². The zero-order valence-electron chi connectivity index (χ0n) is 9.99. The van der Waals surface area contributed by atoms with Crippen LogP contribution in [0.4, 0.5) is 0 Å². The molecule has 0 atom stereocenters. The van der Waals surface area contributed by atoms with Crippen molar-refractivity contribution in [2.24, 2.45) is 5.73 Å². The second-order valence-corrected chi connectivity index (χ2v) is 6.04. The van der Waals surface area contributed by atoms with E-state index < -0.39 is 0 Å². The van der Waals surface area contributed by atoms with E-state index in [0.29, 0.717) is 11.7 Å². The van der Waals surface area contributed by atoms with Gasteiger partial charge in [-0.05, 0) is 44.7 Å². The molecule has 1 aliphatic rings. The van der Waals surface area contributed by atoms with Crippen LogP contribution in [0, 0.1) is 13.8 Å². The summed E-state index contributed by atoms with van der Waals surface area (Å²) >= 11 is 1.68. The number of aromatic nitrogens is 2. The number of aryl methyl sites for hydroxylation is 2. The maximum atomic E-state index is 6.17. The number of thiophene rings is 1. The summed E-state index contributed by atoms with van der Waals surface area (Å²) in [5.41, 5.74) is 7.08. The minimum absolute atomic E-state index is 0.344. The number of hydrogen-bond donors (Lipinski definition) is 1. The first-order chi connectivity index (χ1) is 8.08. The minimum Gasteiger partial charge on any atom is -0.333 e. The molecule has 0 aromatic carbocycles. The fourth-order valence-electron chi connectivity index (χ4n) is 1.99. The van der Waals surface area contributed by atoms with Crippen LogP contribution in [0.3, 0.4) is 0 Å². The van der Waals surface area contributed by atoms with Gasteiger partial charge in [0.2, 0.25) is 0 Å². The maximum Gasteiger partial charge on any atom is 0.268 e. The van der Waals surface area contributed by atoms with Crippen LogP contribution in [-0.4, -0.2) is 10.1 Å².